The Morgan fingerprint density at radius 3 is 2.52 bits per heavy atom. The van der Waals surface area contributed by atoms with Gasteiger partial charge in [-0.3, -0.25) is 0 Å². The molecule has 8 unspecified atom stereocenters. The summed E-state index contributed by atoms with van der Waals surface area (Å²) in [6, 6.07) is 0. The second kappa shape index (κ2) is 4.75. The lowest BCUT2D eigenvalue weighted by molar-refractivity contribution is -0.192. The second-order valence-electron chi connectivity index (χ2n) is 9.73. The van der Waals surface area contributed by atoms with Crippen molar-refractivity contribution in [1.82, 2.24) is 0 Å². The van der Waals surface area contributed by atoms with Gasteiger partial charge < -0.3 is 0 Å². The van der Waals surface area contributed by atoms with E-state index in [4.69, 9.17) is 0 Å². The van der Waals surface area contributed by atoms with Crippen LogP contribution in [0.3, 0.4) is 0 Å². The highest BCUT2D eigenvalue weighted by atomic mass is 14.7. The highest BCUT2D eigenvalue weighted by molar-refractivity contribution is 5.11. The third-order valence-corrected chi connectivity index (χ3v) is 9.62. The van der Waals surface area contributed by atoms with E-state index in [9.17, 15) is 0 Å². The summed E-state index contributed by atoms with van der Waals surface area (Å²) in [6.45, 7) is 10.4. The molecule has 0 radical (unpaired) electrons. The van der Waals surface area contributed by atoms with Crippen molar-refractivity contribution in [3.05, 3.63) is 0 Å². The molecule has 0 aromatic carbocycles. The van der Waals surface area contributed by atoms with E-state index in [-0.39, 0.29) is 0 Å². The van der Waals surface area contributed by atoms with Crippen molar-refractivity contribution in [3.8, 4) is 0 Å². The Kier molecular flexibility index (Phi) is 3.30. The van der Waals surface area contributed by atoms with Crippen molar-refractivity contribution in [2.75, 3.05) is 0 Å². The van der Waals surface area contributed by atoms with Crippen molar-refractivity contribution in [2.45, 2.75) is 85.5 Å². The summed E-state index contributed by atoms with van der Waals surface area (Å²) in [5.41, 5.74) is 1.43. The first-order valence-corrected chi connectivity index (χ1v) is 10.0. The Labute approximate surface area is 132 Å². The van der Waals surface area contributed by atoms with E-state index in [1.807, 2.05) is 0 Å². The monoisotopic (exact) mass is 288 g/mol. The predicted molar refractivity (Wildman–Crippen MR) is 90.1 cm³/mol. The van der Waals surface area contributed by atoms with Gasteiger partial charge in [-0.25, -0.2) is 0 Å². The molecule has 4 rings (SSSR count). The fraction of sp³-hybridized carbons (Fsp3) is 1.00. The van der Waals surface area contributed by atoms with Crippen molar-refractivity contribution in [3.63, 3.8) is 0 Å². The molecule has 0 heteroatoms. The third-order valence-electron chi connectivity index (χ3n) is 9.62. The van der Waals surface area contributed by atoms with Crippen molar-refractivity contribution in [1.29, 1.82) is 0 Å². The van der Waals surface area contributed by atoms with E-state index in [1.165, 1.54) is 19.3 Å². The molecular formula is C21H36. The van der Waals surface area contributed by atoms with E-state index < -0.39 is 0 Å². The fourth-order valence-electron chi connectivity index (χ4n) is 8.02. The van der Waals surface area contributed by atoms with Gasteiger partial charge in [0.15, 0.2) is 0 Å². The van der Waals surface area contributed by atoms with Gasteiger partial charge in [-0.05, 0) is 84.9 Å². The molecule has 0 N–H and O–H groups in total. The first-order valence-electron chi connectivity index (χ1n) is 10.0. The Morgan fingerprint density at radius 2 is 1.76 bits per heavy atom. The maximum absolute atomic E-state index is 2.72. The minimum Gasteiger partial charge on any atom is -0.0651 e. The minimum absolute atomic E-state index is 0.694. The van der Waals surface area contributed by atoms with Gasteiger partial charge in [0.1, 0.15) is 0 Å². The molecule has 0 amide bonds. The highest BCUT2D eigenvalue weighted by Gasteiger charge is 2.62. The number of fused-ring (bicyclic) bond motifs is 5. The molecule has 4 aliphatic rings. The van der Waals surface area contributed by atoms with Crippen molar-refractivity contribution >= 4 is 0 Å². The maximum Gasteiger partial charge on any atom is -0.0241 e. The van der Waals surface area contributed by atoms with Gasteiger partial charge in [-0.1, -0.05) is 47.0 Å². The standard InChI is InChI=1S/C21H36/c1-5-15-13-19-17-10-9-16-8-6-7-14(2)21(16,4)18(17)11-12-20(15,19)3/h14-19H,5-13H2,1-4H3. The molecule has 0 aliphatic heterocycles. The summed E-state index contributed by atoms with van der Waals surface area (Å²) in [4.78, 5) is 0. The van der Waals surface area contributed by atoms with Crippen LogP contribution in [0.5, 0.6) is 0 Å². The fourth-order valence-corrected chi connectivity index (χ4v) is 8.02. The van der Waals surface area contributed by atoms with Crippen LogP contribution in [0.1, 0.15) is 85.5 Å². The molecule has 0 aromatic heterocycles. The van der Waals surface area contributed by atoms with Crippen LogP contribution in [0, 0.1) is 46.3 Å². The number of hydrogen-bond donors (Lipinski definition) is 0. The minimum atomic E-state index is 0.694. The summed E-state index contributed by atoms with van der Waals surface area (Å²) in [6.07, 6.45) is 13.8. The molecule has 0 heterocycles. The first kappa shape index (κ1) is 14.6. The van der Waals surface area contributed by atoms with Crippen LogP contribution in [-0.4, -0.2) is 0 Å². The lowest BCUT2D eigenvalue weighted by Gasteiger charge is -2.68. The Morgan fingerprint density at radius 1 is 0.952 bits per heavy atom. The van der Waals surface area contributed by atoms with Crippen LogP contribution in [-0.2, 0) is 0 Å². The van der Waals surface area contributed by atoms with Crippen LogP contribution >= 0.6 is 0 Å². The van der Waals surface area contributed by atoms with E-state index in [1.54, 1.807) is 38.5 Å². The summed E-state index contributed by atoms with van der Waals surface area (Å²) >= 11 is 0. The summed E-state index contributed by atoms with van der Waals surface area (Å²) in [5.74, 6) is 6.35. The van der Waals surface area contributed by atoms with Crippen LogP contribution in [0.4, 0.5) is 0 Å². The molecule has 4 saturated carbocycles. The summed E-state index contributed by atoms with van der Waals surface area (Å²) < 4.78 is 0. The third kappa shape index (κ3) is 1.74. The maximum atomic E-state index is 2.72. The van der Waals surface area contributed by atoms with Gasteiger partial charge in [0, 0.05) is 0 Å². The lowest BCUT2D eigenvalue weighted by atomic mass is 9.37. The largest absolute Gasteiger partial charge is 0.0651 e. The molecule has 0 bridgehead atoms. The molecule has 0 spiro atoms. The van der Waals surface area contributed by atoms with Gasteiger partial charge in [0.05, 0.1) is 0 Å². The molecular weight excluding hydrogens is 252 g/mol. The smallest absolute Gasteiger partial charge is 0.0241 e. The summed E-state index contributed by atoms with van der Waals surface area (Å²) in [7, 11) is 0. The molecule has 4 fully saturated rings. The number of hydrogen-bond acceptors (Lipinski definition) is 0. The highest BCUT2D eigenvalue weighted by Crippen LogP contribution is 2.70. The molecule has 0 nitrogen and oxygen atoms in total. The van der Waals surface area contributed by atoms with E-state index in [0.29, 0.717) is 5.41 Å². The van der Waals surface area contributed by atoms with Gasteiger partial charge in [0.25, 0.3) is 0 Å². The molecule has 0 aromatic rings. The SMILES string of the molecule is CCC1CC2C3CCC4CCCC(C)C4(C)C3CCC12C. The predicted octanol–water partition coefficient (Wildman–Crippen LogP) is 6.30. The Balaban J connectivity index is 1.62. The van der Waals surface area contributed by atoms with E-state index in [2.05, 4.69) is 27.7 Å². The topological polar surface area (TPSA) is 0 Å². The summed E-state index contributed by atoms with van der Waals surface area (Å²) in [5, 5.41) is 0. The van der Waals surface area contributed by atoms with E-state index >= 15 is 0 Å². The van der Waals surface area contributed by atoms with E-state index in [0.717, 1.165) is 40.9 Å². The Bertz CT molecular complexity index is 412. The normalized spacial score (nSPS) is 59.4. The average molecular weight is 289 g/mol. The van der Waals surface area contributed by atoms with Gasteiger partial charge in [-0.15, -0.1) is 0 Å². The number of rotatable bonds is 1. The lowest BCUT2D eigenvalue weighted by Crippen LogP contribution is -2.61. The van der Waals surface area contributed by atoms with Crippen LogP contribution in [0.25, 0.3) is 0 Å². The zero-order valence-electron chi connectivity index (χ0n) is 14.8. The van der Waals surface area contributed by atoms with Crippen molar-refractivity contribution < 1.29 is 0 Å². The van der Waals surface area contributed by atoms with Gasteiger partial charge in [0.2, 0.25) is 0 Å². The average Bonchev–Trinajstić information content (AvgIpc) is 2.45. The molecule has 21 heavy (non-hydrogen) atoms. The molecule has 120 valence electrons. The molecule has 8 atom stereocenters. The van der Waals surface area contributed by atoms with Crippen LogP contribution in [0.15, 0.2) is 0 Å². The molecule has 0 saturated heterocycles. The molecule has 4 aliphatic carbocycles. The zero-order chi connectivity index (χ0) is 14.8. The Hall–Kier alpha value is 0. The van der Waals surface area contributed by atoms with Gasteiger partial charge >= 0.3 is 0 Å². The zero-order valence-corrected chi connectivity index (χ0v) is 14.8. The van der Waals surface area contributed by atoms with Crippen molar-refractivity contribution in [2.24, 2.45) is 46.3 Å². The second-order valence-corrected chi connectivity index (χ2v) is 9.73. The van der Waals surface area contributed by atoms with Gasteiger partial charge in [-0.2, -0.15) is 0 Å². The van der Waals surface area contributed by atoms with Crippen LogP contribution < -0.4 is 0 Å². The quantitative estimate of drug-likeness (QED) is 0.531. The van der Waals surface area contributed by atoms with Crippen LogP contribution in [0.2, 0.25) is 0 Å². The first-order chi connectivity index (χ1) is 10.0.